The molecule has 6 atom stereocenters. The van der Waals surface area contributed by atoms with Crippen LogP contribution < -0.4 is 0 Å². The molecule has 0 radical (unpaired) electrons. The van der Waals surface area contributed by atoms with Crippen LogP contribution in [0.3, 0.4) is 0 Å². The smallest absolute Gasteiger partial charge is 0.458 e. The predicted molar refractivity (Wildman–Crippen MR) is 181 cm³/mol. The Morgan fingerprint density at radius 1 is 0.957 bits per heavy atom. The lowest BCUT2D eigenvalue weighted by molar-refractivity contribution is -0.318. The van der Waals surface area contributed by atoms with Crippen LogP contribution in [0.2, 0.25) is 0 Å². The normalized spacial score (nSPS) is 33.9. The standard InChI is InChI=1S/C39H61NO7/c1-3-4-5-6-7-8-9-10-11-12-13-14-15-16-25-44-36(41)46-28-45-32-20-19-31-26-33-38(42)22-21-29(2)39(43)37(38,34(31)35(32)47-39)23-24-40(33)27-30-17-18-30/h19-20,30-31,33-34,42-43H,2-18,21-28H2,1H3/t31?,33?,34?,37-,38-,39+/m1/s1. The molecule has 3 unspecified atom stereocenters. The summed E-state index contributed by atoms with van der Waals surface area (Å²) in [5.74, 6) is -0.0453. The van der Waals surface area contributed by atoms with Gasteiger partial charge in [-0.3, -0.25) is 4.90 Å². The first-order valence-electron chi connectivity index (χ1n) is 19.2. The van der Waals surface area contributed by atoms with Crippen molar-refractivity contribution in [2.75, 3.05) is 26.5 Å². The first-order valence-corrected chi connectivity index (χ1v) is 19.2. The number of nitrogens with zero attached hydrogens (tertiary/aromatic N) is 1. The highest BCUT2D eigenvalue weighted by atomic mass is 16.8. The Balaban J connectivity index is 0.918. The Labute approximate surface area is 282 Å². The summed E-state index contributed by atoms with van der Waals surface area (Å²) in [6.45, 7) is 8.39. The van der Waals surface area contributed by atoms with Crippen molar-refractivity contribution in [2.45, 2.75) is 153 Å². The molecule has 1 spiro atoms. The number of aliphatic hydroxyl groups is 2. The third-order valence-electron chi connectivity index (χ3n) is 12.5. The molecule has 3 saturated carbocycles. The van der Waals surface area contributed by atoms with Gasteiger partial charge in [-0.1, -0.05) is 103 Å². The molecule has 2 bridgehead atoms. The van der Waals surface area contributed by atoms with Gasteiger partial charge in [0.2, 0.25) is 12.6 Å². The fourth-order valence-electron chi connectivity index (χ4n) is 9.80. The molecule has 47 heavy (non-hydrogen) atoms. The van der Waals surface area contributed by atoms with Gasteiger partial charge in [-0.25, -0.2) is 4.79 Å². The minimum Gasteiger partial charge on any atom is -0.458 e. The minimum atomic E-state index is -1.66. The fourth-order valence-corrected chi connectivity index (χ4v) is 9.80. The Kier molecular flexibility index (Phi) is 11.3. The van der Waals surface area contributed by atoms with Gasteiger partial charge in [0.05, 0.1) is 17.6 Å². The summed E-state index contributed by atoms with van der Waals surface area (Å²) in [6, 6.07) is -0.0226. The van der Waals surface area contributed by atoms with Gasteiger partial charge >= 0.3 is 6.16 Å². The SMILES string of the molecule is C=C1CC[C@@]2(O)C3CC4C=CC(OCOC(=O)OCCCCCCCCCCCCCCCC)=C5O[C@]1(O)[C@]2(CCN3CC1CC1)C54. The Morgan fingerprint density at radius 2 is 1.62 bits per heavy atom. The second-order valence-electron chi connectivity index (χ2n) is 15.5. The van der Waals surface area contributed by atoms with Crippen molar-refractivity contribution >= 4 is 6.16 Å². The van der Waals surface area contributed by atoms with Gasteiger partial charge in [-0.2, -0.15) is 0 Å². The number of likely N-dealkylation sites (tertiary alicyclic amines) is 1. The number of hydrogen-bond donors (Lipinski definition) is 2. The molecule has 8 nitrogen and oxygen atoms in total. The van der Waals surface area contributed by atoms with Gasteiger partial charge < -0.3 is 29.2 Å². The van der Waals surface area contributed by atoms with Crippen molar-refractivity contribution in [3.8, 4) is 0 Å². The van der Waals surface area contributed by atoms with E-state index in [2.05, 4.69) is 24.5 Å². The van der Waals surface area contributed by atoms with Crippen molar-refractivity contribution < 1.29 is 34.0 Å². The quantitative estimate of drug-likeness (QED) is 0.0585. The topological polar surface area (TPSA) is 97.7 Å². The Morgan fingerprint density at radius 3 is 2.28 bits per heavy atom. The van der Waals surface area contributed by atoms with Crippen molar-refractivity contribution in [1.82, 2.24) is 4.90 Å². The molecule has 264 valence electrons. The molecule has 0 amide bonds. The number of rotatable bonds is 20. The van der Waals surface area contributed by atoms with Gasteiger partial charge in [-0.15, -0.1) is 0 Å². The molecule has 2 N–H and O–H groups in total. The van der Waals surface area contributed by atoms with Crippen LogP contribution in [0.15, 0.2) is 35.8 Å². The van der Waals surface area contributed by atoms with E-state index in [9.17, 15) is 15.0 Å². The largest absolute Gasteiger partial charge is 0.511 e. The van der Waals surface area contributed by atoms with Crippen LogP contribution in [-0.2, 0) is 18.9 Å². The molecule has 8 heteroatoms. The van der Waals surface area contributed by atoms with Gasteiger partial charge in [0, 0.05) is 18.5 Å². The van der Waals surface area contributed by atoms with Gasteiger partial charge in [0.25, 0.3) is 0 Å². The minimum absolute atomic E-state index is 0.0226. The maximum atomic E-state index is 12.6. The molecule has 2 saturated heterocycles. The van der Waals surface area contributed by atoms with Crippen LogP contribution in [0.4, 0.5) is 4.79 Å². The number of allylic oxidation sites excluding steroid dienone is 3. The number of piperidine rings is 1. The molecule has 5 fully saturated rings. The van der Waals surface area contributed by atoms with Crippen molar-refractivity contribution in [3.63, 3.8) is 0 Å². The van der Waals surface area contributed by atoms with E-state index in [1.807, 2.05) is 6.08 Å². The van der Waals surface area contributed by atoms with E-state index in [4.69, 9.17) is 18.9 Å². The highest BCUT2D eigenvalue weighted by Gasteiger charge is 2.81. The first kappa shape index (κ1) is 34.8. The lowest BCUT2D eigenvalue weighted by atomic mass is 9.42. The van der Waals surface area contributed by atoms with E-state index < -0.39 is 23.0 Å². The highest BCUT2D eigenvalue weighted by molar-refractivity contribution is 5.59. The van der Waals surface area contributed by atoms with Crippen LogP contribution in [0.25, 0.3) is 0 Å². The van der Waals surface area contributed by atoms with E-state index in [0.717, 1.165) is 38.3 Å². The number of ether oxygens (including phenoxy) is 4. The predicted octanol–water partition coefficient (Wildman–Crippen LogP) is 8.28. The van der Waals surface area contributed by atoms with Crippen molar-refractivity contribution in [3.05, 3.63) is 35.8 Å². The van der Waals surface area contributed by atoms with Crippen molar-refractivity contribution in [2.24, 2.45) is 23.2 Å². The highest BCUT2D eigenvalue weighted by Crippen LogP contribution is 2.73. The van der Waals surface area contributed by atoms with Crippen LogP contribution in [0, 0.1) is 23.2 Å². The average Bonchev–Trinajstić information content (AvgIpc) is 3.82. The fraction of sp³-hybridized carbons (Fsp3) is 0.821. The molecular formula is C39H61NO7. The average molecular weight is 656 g/mol. The summed E-state index contributed by atoms with van der Waals surface area (Å²) >= 11 is 0. The van der Waals surface area contributed by atoms with Crippen LogP contribution >= 0.6 is 0 Å². The number of hydrogen-bond acceptors (Lipinski definition) is 8. The molecule has 4 aliphatic carbocycles. The number of unbranched alkanes of at least 4 members (excludes halogenated alkanes) is 13. The van der Waals surface area contributed by atoms with E-state index >= 15 is 0 Å². The third kappa shape index (κ3) is 6.90. The summed E-state index contributed by atoms with van der Waals surface area (Å²) in [4.78, 5) is 14.8. The molecule has 0 aromatic carbocycles. The van der Waals surface area contributed by atoms with Crippen molar-refractivity contribution in [1.29, 1.82) is 0 Å². The lowest BCUT2D eigenvalue weighted by Gasteiger charge is -2.67. The lowest BCUT2D eigenvalue weighted by Crippen LogP contribution is -2.78. The maximum Gasteiger partial charge on any atom is 0.511 e. The van der Waals surface area contributed by atoms with E-state index in [1.54, 1.807) is 0 Å². The summed E-state index contributed by atoms with van der Waals surface area (Å²) < 4.78 is 22.9. The third-order valence-corrected chi connectivity index (χ3v) is 12.5. The zero-order chi connectivity index (χ0) is 32.9. The molecule has 2 aliphatic heterocycles. The van der Waals surface area contributed by atoms with Crippen LogP contribution in [0.5, 0.6) is 0 Å². The van der Waals surface area contributed by atoms with E-state index in [-0.39, 0.29) is 24.7 Å². The maximum absolute atomic E-state index is 12.6. The number of carbonyl (C=O) groups is 1. The molecular weight excluding hydrogens is 594 g/mol. The molecule has 2 heterocycles. The summed E-state index contributed by atoms with van der Waals surface area (Å²) in [5.41, 5.74) is -1.34. The zero-order valence-electron chi connectivity index (χ0n) is 29.0. The van der Waals surface area contributed by atoms with E-state index in [1.165, 1.54) is 89.9 Å². The Bertz CT molecular complexity index is 1160. The zero-order valence-corrected chi connectivity index (χ0v) is 29.0. The second-order valence-corrected chi connectivity index (χ2v) is 15.5. The summed E-state index contributed by atoms with van der Waals surface area (Å²) in [6.07, 6.45) is 26.3. The molecule has 0 aromatic rings. The first-order chi connectivity index (χ1) is 22.8. The van der Waals surface area contributed by atoms with Gasteiger partial charge in [0.1, 0.15) is 5.76 Å². The summed E-state index contributed by atoms with van der Waals surface area (Å²) in [5, 5.41) is 24.8. The molecule has 0 aromatic heterocycles. The Hall–Kier alpha value is -2.03. The van der Waals surface area contributed by atoms with Gasteiger partial charge in [0.15, 0.2) is 5.76 Å². The monoisotopic (exact) mass is 655 g/mol. The molecule has 6 aliphatic rings. The van der Waals surface area contributed by atoms with E-state index in [0.29, 0.717) is 43.0 Å². The number of carbonyl (C=O) groups excluding carboxylic acids is 1. The van der Waals surface area contributed by atoms with Crippen LogP contribution in [0.1, 0.15) is 135 Å². The van der Waals surface area contributed by atoms with Gasteiger partial charge in [-0.05, 0) is 75.0 Å². The molecule has 6 rings (SSSR count). The summed E-state index contributed by atoms with van der Waals surface area (Å²) in [7, 11) is 0. The van der Waals surface area contributed by atoms with Crippen LogP contribution in [-0.4, -0.2) is 65.2 Å². The second kappa shape index (κ2) is 15.2.